The van der Waals surface area contributed by atoms with Crippen LogP contribution >= 0.6 is 0 Å². The number of aryl methyl sites for hydroxylation is 1. The molecule has 0 radical (unpaired) electrons. The van der Waals surface area contributed by atoms with E-state index in [9.17, 15) is 28.3 Å². The SMILES string of the molecule is CCN1C(=O)c2c(O)c(=O)c(C(=O)CCc3ccc(F)cc3F)cn2N2C[C@@H]3CCC[C@@H](C3)[C@@H]12. The number of benzene rings is 1. The number of hydrogen-bond acceptors (Lipinski definition) is 5. The highest BCUT2D eigenvalue weighted by Gasteiger charge is 2.48. The number of rotatable bonds is 5. The van der Waals surface area contributed by atoms with Gasteiger partial charge in [0.25, 0.3) is 5.91 Å². The van der Waals surface area contributed by atoms with Gasteiger partial charge in [0.05, 0.1) is 5.56 Å². The highest BCUT2D eigenvalue weighted by atomic mass is 19.1. The Morgan fingerprint density at radius 3 is 2.74 bits per heavy atom. The van der Waals surface area contributed by atoms with Crippen molar-refractivity contribution in [2.45, 2.75) is 51.6 Å². The number of nitrogens with zero attached hydrogens (tertiary/aromatic N) is 3. The van der Waals surface area contributed by atoms with Crippen molar-refractivity contribution < 1.29 is 23.5 Å². The van der Waals surface area contributed by atoms with Gasteiger partial charge in [-0.15, -0.1) is 0 Å². The second-order valence-electron chi connectivity index (χ2n) is 9.49. The van der Waals surface area contributed by atoms with E-state index in [2.05, 4.69) is 0 Å². The molecule has 1 aliphatic carbocycles. The molecule has 1 saturated carbocycles. The van der Waals surface area contributed by atoms with Gasteiger partial charge in [-0.3, -0.25) is 24.1 Å². The van der Waals surface area contributed by atoms with E-state index in [0.29, 0.717) is 19.0 Å². The van der Waals surface area contributed by atoms with Gasteiger partial charge in [0, 0.05) is 31.8 Å². The number of pyridine rings is 1. The van der Waals surface area contributed by atoms with Gasteiger partial charge in [0.1, 0.15) is 17.8 Å². The van der Waals surface area contributed by atoms with Crippen molar-refractivity contribution in [3.05, 3.63) is 63.1 Å². The molecule has 2 bridgehead atoms. The summed E-state index contributed by atoms with van der Waals surface area (Å²) in [5.74, 6) is -2.48. The molecule has 1 saturated heterocycles. The van der Waals surface area contributed by atoms with E-state index in [1.54, 1.807) is 4.90 Å². The number of piperidine rings is 1. The Bertz CT molecular complexity index is 1230. The van der Waals surface area contributed by atoms with Gasteiger partial charge >= 0.3 is 0 Å². The van der Waals surface area contributed by atoms with Crippen molar-refractivity contribution in [3.8, 4) is 5.75 Å². The van der Waals surface area contributed by atoms with Crippen LogP contribution < -0.4 is 10.4 Å². The zero-order chi connectivity index (χ0) is 24.1. The first-order chi connectivity index (χ1) is 16.3. The average molecular weight is 472 g/mol. The summed E-state index contributed by atoms with van der Waals surface area (Å²) in [6.07, 6.45) is 5.17. The lowest BCUT2D eigenvalue weighted by Crippen LogP contribution is -2.67. The van der Waals surface area contributed by atoms with Gasteiger partial charge in [-0.2, -0.15) is 0 Å². The molecule has 0 spiro atoms. The topological polar surface area (TPSA) is 82.9 Å². The molecule has 0 unspecified atom stereocenters. The van der Waals surface area contributed by atoms with Crippen LogP contribution in [0.15, 0.2) is 29.2 Å². The zero-order valence-corrected chi connectivity index (χ0v) is 19.0. The molecule has 3 atom stereocenters. The third kappa shape index (κ3) is 3.58. The zero-order valence-electron chi connectivity index (χ0n) is 19.0. The van der Waals surface area contributed by atoms with Crippen LogP contribution in [0.1, 0.15) is 65.4 Å². The number of halogens is 2. The monoisotopic (exact) mass is 471 g/mol. The molecule has 34 heavy (non-hydrogen) atoms. The summed E-state index contributed by atoms with van der Waals surface area (Å²) in [5, 5.41) is 12.8. The van der Waals surface area contributed by atoms with Gasteiger partial charge in [-0.1, -0.05) is 12.5 Å². The minimum atomic E-state index is -0.907. The Morgan fingerprint density at radius 2 is 2.00 bits per heavy atom. The minimum absolute atomic E-state index is 0.0219. The summed E-state index contributed by atoms with van der Waals surface area (Å²) in [5.41, 5.74) is -1.11. The standard InChI is InChI=1S/C25H27F2N3O4/c1-2-28-24-16-5-3-4-14(10-16)12-30(24)29-13-18(22(32)23(33)21(29)25(28)34)20(31)9-7-15-6-8-17(26)11-19(15)27/h6,8,11,13-14,16,24,33H,2-5,7,9-10,12H2,1H3/t14-,16+,24+/m1/s1. The molecule has 2 fully saturated rings. The lowest BCUT2D eigenvalue weighted by Gasteiger charge is -2.55. The summed E-state index contributed by atoms with van der Waals surface area (Å²) < 4.78 is 28.6. The third-order valence-electron chi connectivity index (χ3n) is 7.50. The molecular formula is C25H27F2N3O4. The van der Waals surface area contributed by atoms with E-state index in [0.717, 1.165) is 37.8 Å². The maximum absolute atomic E-state index is 14.0. The number of aromatic hydroxyl groups is 1. The molecule has 9 heteroatoms. The molecule has 3 heterocycles. The fraction of sp³-hybridized carbons (Fsp3) is 0.480. The maximum Gasteiger partial charge on any atom is 0.278 e. The van der Waals surface area contributed by atoms with Crippen LogP contribution in [-0.4, -0.2) is 45.6 Å². The van der Waals surface area contributed by atoms with Gasteiger partial charge < -0.3 is 10.0 Å². The summed E-state index contributed by atoms with van der Waals surface area (Å²) in [6, 6.07) is 3.13. The number of carbonyl (C=O) groups is 2. The lowest BCUT2D eigenvalue weighted by atomic mass is 9.75. The van der Waals surface area contributed by atoms with Crippen molar-refractivity contribution >= 4 is 11.7 Å². The van der Waals surface area contributed by atoms with Gasteiger partial charge in [0.15, 0.2) is 17.2 Å². The summed E-state index contributed by atoms with van der Waals surface area (Å²) in [7, 11) is 0. The number of amides is 1. The highest BCUT2D eigenvalue weighted by Crippen LogP contribution is 2.41. The average Bonchev–Trinajstić information content (AvgIpc) is 2.81. The Kier molecular flexibility index (Phi) is 5.65. The van der Waals surface area contributed by atoms with Crippen molar-refractivity contribution in [2.24, 2.45) is 11.8 Å². The van der Waals surface area contributed by atoms with Crippen LogP contribution in [0.4, 0.5) is 8.78 Å². The molecular weight excluding hydrogens is 444 g/mol. The van der Waals surface area contributed by atoms with Crippen LogP contribution in [0.5, 0.6) is 5.75 Å². The minimum Gasteiger partial charge on any atom is -0.502 e. The van der Waals surface area contributed by atoms with E-state index in [1.165, 1.54) is 16.9 Å². The Morgan fingerprint density at radius 1 is 1.21 bits per heavy atom. The van der Waals surface area contributed by atoms with E-state index < -0.39 is 34.5 Å². The van der Waals surface area contributed by atoms with E-state index >= 15 is 0 Å². The van der Waals surface area contributed by atoms with E-state index in [-0.39, 0.29) is 41.7 Å². The maximum atomic E-state index is 14.0. The molecule has 2 aromatic rings. The van der Waals surface area contributed by atoms with Crippen LogP contribution in [-0.2, 0) is 6.42 Å². The highest BCUT2D eigenvalue weighted by molar-refractivity contribution is 6.00. The van der Waals surface area contributed by atoms with Crippen LogP contribution in [0.2, 0.25) is 0 Å². The number of carbonyl (C=O) groups excluding carboxylic acids is 2. The van der Waals surface area contributed by atoms with Crippen LogP contribution in [0.3, 0.4) is 0 Å². The fourth-order valence-corrected chi connectivity index (χ4v) is 5.90. The lowest BCUT2D eigenvalue weighted by molar-refractivity contribution is 0.0230. The molecule has 1 amide bonds. The van der Waals surface area contributed by atoms with Crippen molar-refractivity contribution in [1.29, 1.82) is 0 Å². The smallest absolute Gasteiger partial charge is 0.278 e. The van der Waals surface area contributed by atoms with Crippen molar-refractivity contribution in [2.75, 3.05) is 18.1 Å². The fourth-order valence-electron chi connectivity index (χ4n) is 5.90. The van der Waals surface area contributed by atoms with E-state index in [4.69, 9.17) is 0 Å². The quantitative estimate of drug-likeness (QED) is 0.678. The van der Waals surface area contributed by atoms with Crippen molar-refractivity contribution in [3.63, 3.8) is 0 Å². The molecule has 5 rings (SSSR count). The predicted octanol–water partition coefficient (Wildman–Crippen LogP) is 3.21. The van der Waals surface area contributed by atoms with Gasteiger partial charge in [0.2, 0.25) is 5.43 Å². The van der Waals surface area contributed by atoms with E-state index in [1.807, 2.05) is 11.9 Å². The molecule has 180 valence electrons. The number of fused-ring (bicyclic) bond motifs is 6. The largest absolute Gasteiger partial charge is 0.502 e. The predicted molar refractivity (Wildman–Crippen MR) is 120 cm³/mol. The number of aromatic nitrogens is 1. The normalized spacial score (nSPS) is 23.5. The Hall–Kier alpha value is -3.23. The molecule has 1 N–H and O–H groups in total. The summed E-state index contributed by atoms with van der Waals surface area (Å²) in [6.45, 7) is 2.98. The first-order valence-electron chi connectivity index (χ1n) is 11.8. The summed E-state index contributed by atoms with van der Waals surface area (Å²) in [4.78, 5) is 40.9. The Balaban J connectivity index is 1.51. The van der Waals surface area contributed by atoms with Crippen LogP contribution in [0.25, 0.3) is 0 Å². The molecule has 2 aliphatic heterocycles. The van der Waals surface area contributed by atoms with Gasteiger partial charge in [-0.05, 0) is 56.1 Å². The van der Waals surface area contributed by atoms with Crippen LogP contribution in [0, 0.1) is 23.5 Å². The first-order valence-corrected chi connectivity index (χ1v) is 11.8. The molecule has 1 aromatic carbocycles. The Labute approximate surface area is 195 Å². The van der Waals surface area contributed by atoms with Crippen molar-refractivity contribution in [1.82, 2.24) is 9.58 Å². The second-order valence-corrected chi connectivity index (χ2v) is 9.49. The summed E-state index contributed by atoms with van der Waals surface area (Å²) >= 11 is 0. The third-order valence-corrected chi connectivity index (χ3v) is 7.50. The van der Waals surface area contributed by atoms with Gasteiger partial charge in [-0.25, -0.2) is 8.78 Å². The number of Topliss-reactive ketones (excluding diaryl/α,β-unsaturated/α-hetero) is 1. The molecule has 1 aromatic heterocycles. The number of ketones is 1. The first kappa shape index (κ1) is 22.6. The second kappa shape index (κ2) is 8.52. The number of hydrogen-bond donors (Lipinski definition) is 1. The molecule has 7 nitrogen and oxygen atoms in total. The molecule has 3 aliphatic rings.